The van der Waals surface area contributed by atoms with Gasteiger partial charge in [0.2, 0.25) is 0 Å². The van der Waals surface area contributed by atoms with E-state index in [0.29, 0.717) is 0 Å². The number of unbranched alkanes of at least 4 members (excludes halogenated alkanes) is 1. The molecule has 0 aliphatic heterocycles. The van der Waals surface area contributed by atoms with Crippen molar-refractivity contribution in [2.24, 2.45) is 11.7 Å². The summed E-state index contributed by atoms with van der Waals surface area (Å²) in [5.74, 6) is 0.753. The minimum absolute atomic E-state index is 0.269. The van der Waals surface area contributed by atoms with E-state index in [1.54, 1.807) is 0 Å². The molecule has 2 nitrogen and oxygen atoms in total. The summed E-state index contributed by atoms with van der Waals surface area (Å²) >= 11 is 0. The molecule has 0 bridgehead atoms. The monoisotopic (exact) mass is 201 g/mol. The van der Waals surface area contributed by atoms with Crippen LogP contribution in [-0.4, -0.2) is 19.3 Å². The van der Waals surface area contributed by atoms with E-state index >= 15 is 0 Å². The van der Waals surface area contributed by atoms with Crippen LogP contribution in [0.4, 0.5) is 0 Å². The van der Waals surface area contributed by atoms with E-state index < -0.39 is 0 Å². The molecule has 2 atom stereocenters. The summed E-state index contributed by atoms with van der Waals surface area (Å²) in [6.07, 6.45) is 6.14. The highest BCUT2D eigenvalue weighted by Crippen LogP contribution is 2.12. The van der Waals surface area contributed by atoms with Crippen LogP contribution in [0.25, 0.3) is 0 Å². The number of nitrogens with two attached hydrogens (primary N) is 1. The van der Waals surface area contributed by atoms with E-state index in [2.05, 4.69) is 13.8 Å². The molecule has 86 valence electrons. The molecular formula is C12H27NO. The summed E-state index contributed by atoms with van der Waals surface area (Å²) in [5, 5.41) is 0. The van der Waals surface area contributed by atoms with Gasteiger partial charge in [0.1, 0.15) is 0 Å². The van der Waals surface area contributed by atoms with Crippen molar-refractivity contribution in [2.45, 2.75) is 58.9 Å². The van der Waals surface area contributed by atoms with Crippen LogP contribution >= 0.6 is 0 Å². The van der Waals surface area contributed by atoms with Crippen LogP contribution in [0.15, 0.2) is 0 Å². The van der Waals surface area contributed by atoms with Crippen molar-refractivity contribution in [3.8, 4) is 0 Å². The summed E-state index contributed by atoms with van der Waals surface area (Å²) in [6, 6.07) is 0.269. The Labute approximate surface area is 89.2 Å². The van der Waals surface area contributed by atoms with E-state index in [0.717, 1.165) is 25.6 Å². The van der Waals surface area contributed by atoms with Gasteiger partial charge in [-0.1, -0.05) is 33.1 Å². The maximum Gasteiger partial charge on any atom is 0.0494 e. The van der Waals surface area contributed by atoms with Gasteiger partial charge in [0.25, 0.3) is 0 Å². The molecular weight excluding hydrogens is 174 g/mol. The largest absolute Gasteiger partial charge is 0.381 e. The third-order valence-electron chi connectivity index (χ3n) is 2.61. The van der Waals surface area contributed by atoms with Gasteiger partial charge in [-0.2, -0.15) is 0 Å². The molecule has 0 saturated heterocycles. The zero-order valence-corrected chi connectivity index (χ0v) is 10.1. The number of hydrogen-bond acceptors (Lipinski definition) is 2. The summed E-state index contributed by atoms with van der Waals surface area (Å²) in [7, 11) is 0. The van der Waals surface area contributed by atoms with Gasteiger partial charge in [-0.3, -0.25) is 0 Å². The average Bonchev–Trinajstić information content (AvgIpc) is 2.16. The lowest BCUT2D eigenvalue weighted by molar-refractivity contribution is 0.0896. The standard InChI is InChI=1S/C12H27NO/c1-4-6-7-12(5-2)10-14-9-8-11(3)13/h11-12H,4-10,13H2,1-3H3. The second kappa shape index (κ2) is 9.47. The van der Waals surface area contributed by atoms with Crippen LogP contribution in [0.1, 0.15) is 52.9 Å². The Kier molecular flexibility index (Phi) is 9.42. The summed E-state index contributed by atoms with van der Waals surface area (Å²) in [4.78, 5) is 0. The fourth-order valence-corrected chi connectivity index (χ4v) is 1.42. The van der Waals surface area contributed by atoms with Gasteiger partial charge >= 0.3 is 0 Å². The Hall–Kier alpha value is -0.0800. The maximum absolute atomic E-state index is 5.64. The molecule has 0 aromatic carbocycles. The van der Waals surface area contributed by atoms with Crippen molar-refractivity contribution in [2.75, 3.05) is 13.2 Å². The van der Waals surface area contributed by atoms with Crippen LogP contribution in [0, 0.1) is 5.92 Å². The van der Waals surface area contributed by atoms with E-state index in [4.69, 9.17) is 10.5 Å². The summed E-state index contributed by atoms with van der Waals surface area (Å²) < 4.78 is 5.61. The zero-order chi connectivity index (χ0) is 10.8. The van der Waals surface area contributed by atoms with E-state index in [9.17, 15) is 0 Å². The van der Waals surface area contributed by atoms with Crippen LogP contribution in [-0.2, 0) is 4.74 Å². The molecule has 0 fully saturated rings. The second-order valence-electron chi connectivity index (χ2n) is 4.26. The van der Waals surface area contributed by atoms with Gasteiger partial charge in [0.15, 0.2) is 0 Å². The van der Waals surface area contributed by atoms with Gasteiger partial charge in [0, 0.05) is 19.3 Å². The molecule has 14 heavy (non-hydrogen) atoms. The lowest BCUT2D eigenvalue weighted by atomic mass is 10.0. The first-order chi connectivity index (χ1) is 6.70. The molecule has 0 rings (SSSR count). The van der Waals surface area contributed by atoms with Crippen molar-refractivity contribution in [3.63, 3.8) is 0 Å². The highest BCUT2D eigenvalue weighted by molar-refractivity contribution is 4.57. The average molecular weight is 201 g/mol. The first kappa shape index (κ1) is 13.9. The Bertz CT molecular complexity index is 115. The highest BCUT2D eigenvalue weighted by atomic mass is 16.5. The topological polar surface area (TPSA) is 35.2 Å². The molecule has 0 aliphatic carbocycles. The smallest absolute Gasteiger partial charge is 0.0494 e. The predicted octanol–water partition coefficient (Wildman–Crippen LogP) is 2.96. The van der Waals surface area contributed by atoms with Gasteiger partial charge in [-0.15, -0.1) is 0 Å². The summed E-state index contributed by atoms with van der Waals surface area (Å²) in [5.41, 5.74) is 5.64. The quantitative estimate of drug-likeness (QED) is 0.582. The minimum atomic E-state index is 0.269. The first-order valence-electron chi connectivity index (χ1n) is 6.04. The van der Waals surface area contributed by atoms with Crippen LogP contribution in [0.3, 0.4) is 0 Å². The minimum Gasteiger partial charge on any atom is -0.381 e. The Balaban J connectivity index is 3.33. The van der Waals surface area contributed by atoms with E-state index in [1.807, 2.05) is 6.92 Å². The Morgan fingerprint density at radius 2 is 1.93 bits per heavy atom. The van der Waals surface area contributed by atoms with Crippen molar-refractivity contribution in [1.29, 1.82) is 0 Å². The second-order valence-corrected chi connectivity index (χ2v) is 4.26. The van der Waals surface area contributed by atoms with Crippen molar-refractivity contribution >= 4 is 0 Å². The SMILES string of the molecule is CCCCC(CC)COCCC(C)N. The molecule has 0 heterocycles. The maximum atomic E-state index is 5.64. The van der Waals surface area contributed by atoms with Crippen LogP contribution < -0.4 is 5.73 Å². The van der Waals surface area contributed by atoms with Crippen LogP contribution in [0.2, 0.25) is 0 Å². The zero-order valence-electron chi connectivity index (χ0n) is 10.1. The highest BCUT2D eigenvalue weighted by Gasteiger charge is 2.05. The van der Waals surface area contributed by atoms with Gasteiger partial charge in [-0.25, -0.2) is 0 Å². The molecule has 0 aromatic heterocycles. The molecule has 0 aliphatic rings. The van der Waals surface area contributed by atoms with Gasteiger partial charge < -0.3 is 10.5 Å². The van der Waals surface area contributed by atoms with Crippen molar-refractivity contribution < 1.29 is 4.74 Å². The molecule has 2 N–H and O–H groups in total. The van der Waals surface area contributed by atoms with E-state index in [-0.39, 0.29) is 6.04 Å². The molecule has 2 heteroatoms. The number of hydrogen-bond donors (Lipinski definition) is 1. The lowest BCUT2D eigenvalue weighted by Gasteiger charge is -2.15. The number of ether oxygens (including phenoxy) is 1. The Morgan fingerprint density at radius 1 is 1.21 bits per heavy atom. The predicted molar refractivity (Wildman–Crippen MR) is 62.4 cm³/mol. The fourth-order valence-electron chi connectivity index (χ4n) is 1.42. The van der Waals surface area contributed by atoms with Gasteiger partial charge in [0.05, 0.1) is 0 Å². The Morgan fingerprint density at radius 3 is 2.43 bits per heavy atom. The third kappa shape index (κ3) is 8.52. The number of rotatable bonds is 9. The van der Waals surface area contributed by atoms with Crippen molar-refractivity contribution in [3.05, 3.63) is 0 Å². The fraction of sp³-hybridized carbons (Fsp3) is 1.00. The first-order valence-corrected chi connectivity index (χ1v) is 6.04. The molecule has 0 spiro atoms. The molecule has 0 radical (unpaired) electrons. The normalized spacial score (nSPS) is 15.4. The van der Waals surface area contributed by atoms with Gasteiger partial charge in [-0.05, 0) is 25.7 Å². The molecule has 0 saturated carbocycles. The van der Waals surface area contributed by atoms with Crippen LogP contribution in [0.5, 0.6) is 0 Å². The van der Waals surface area contributed by atoms with Crippen molar-refractivity contribution in [1.82, 2.24) is 0 Å². The lowest BCUT2D eigenvalue weighted by Crippen LogP contribution is -2.18. The summed E-state index contributed by atoms with van der Waals surface area (Å²) in [6.45, 7) is 8.25. The van der Waals surface area contributed by atoms with E-state index in [1.165, 1.54) is 25.7 Å². The molecule has 2 unspecified atom stereocenters. The molecule has 0 aromatic rings. The third-order valence-corrected chi connectivity index (χ3v) is 2.61. The molecule has 0 amide bonds.